The van der Waals surface area contributed by atoms with E-state index in [4.69, 9.17) is 5.73 Å². The third-order valence-corrected chi connectivity index (χ3v) is 6.53. The van der Waals surface area contributed by atoms with Crippen LogP contribution >= 0.6 is 11.3 Å². The first kappa shape index (κ1) is 21.1. The van der Waals surface area contributed by atoms with Crippen LogP contribution < -0.4 is 16.4 Å². The summed E-state index contributed by atoms with van der Waals surface area (Å²) in [4.78, 5) is 26.5. The molecule has 29 heavy (non-hydrogen) atoms. The highest BCUT2D eigenvalue weighted by Gasteiger charge is 2.22. The molecule has 2 amide bonds. The fraction of sp³-hybridized carbons (Fsp3) is 0.364. The molecular formula is C22H27N3O3S. The molecule has 1 aromatic carbocycles. The van der Waals surface area contributed by atoms with Crippen LogP contribution in [0.15, 0.2) is 30.8 Å². The van der Waals surface area contributed by atoms with Gasteiger partial charge in [0.2, 0.25) is 5.91 Å². The van der Waals surface area contributed by atoms with Gasteiger partial charge in [-0.05, 0) is 43.5 Å². The molecule has 1 aromatic heterocycles. The van der Waals surface area contributed by atoms with Crippen LogP contribution in [0, 0.1) is 5.92 Å². The molecule has 0 radical (unpaired) electrons. The van der Waals surface area contributed by atoms with E-state index < -0.39 is 6.09 Å². The van der Waals surface area contributed by atoms with Crippen molar-refractivity contribution in [2.24, 2.45) is 11.7 Å². The van der Waals surface area contributed by atoms with Gasteiger partial charge in [-0.3, -0.25) is 10.1 Å². The number of amides is 2. The fourth-order valence-corrected chi connectivity index (χ4v) is 4.55. The van der Waals surface area contributed by atoms with Crippen molar-refractivity contribution in [3.8, 4) is 11.1 Å². The molecule has 0 saturated heterocycles. The third-order valence-electron chi connectivity index (χ3n) is 5.10. The van der Waals surface area contributed by atoms with Crippen molar-refractivity contribution < 1.29 is 14.3 Å². The smallest absolute Gasteiger partial charge is 0.411 e. The number of thiophene rings is 1. The largest absolute Gasteiger partial charge is 0.453 e. The minimum Gasteiger partial charge on any atom is -0.453 e. The maximum Gasteiger partial charge on any atom is 0.411 e. The second kappa shape index (κ2) is 8.80. The zero-order valence-electron chi connectivity index (χ0n) is 17.0. The van der Waals surface area contributed by atoms with Crippen LogP contribution in [0.2, 0.25) is 0 Å². The van der Waals surface area contributed by atoms with Crippen molar-refractivity contribution in [3.05, 3.63) is 40.6 Å². The summed E-state index contributed by atoms with van der Waals surface area (Å²) in [5.41, 5.74) is 10.4. The summed E-state index contributed by atoms with van der Waals surface area (Å²) in [5.74, 6) is -0.191. The van der Waals surface area contributed by atoms with Crippen molar-refractivity contribution in [3.63, 3.8) is 0 Å². The minimum atomic E-state index is -0.566. The van der Waals surface area contributed by atoms with Crippen LogP contribution in [-0.4, -0.2) is 19.1 Å². The van der Waals surface area contributed by atoms with Gasteiger partial charge in [-0.15, -0.1) is 11.3 Å². The molecule has 1 aliphatic rings. The molecule has 7 heteroatoms. The molecule has 0 aliphatic carbocycles. The second-order valence-electron chi connectivity index (χ2n) is 7.48. The quantitative estimate of drug-likeness (QED) is 0.616. The first-order valence-corrected chi connectivity index (χ1v) is 10.5. The summed E-state index contributed by atoms with van der Waals surface area (Å²) in [6.07, 6.45) is 1.91. The molecular weight excluding hydrogens is 386 g/mol. The van der Waals surface area contributed by atoms with Gasteiger partial charge in [-0.25, -0.2) is 4.79 Å². The van der Waals surface area contributed by atoms with Gasteiger partial charge in [-0.1, -0.05) is 26.0 Å². The number of carbonyl (C=O) groups is 2. The first-order chi connectivity index (χ1) is 13.8. The van der Waals surface area contributed by atoms with Gasteiger partial charge in [-0.2, -0.15) is 0 Å². The molecule has 1 aliphatic heterocycles. The normalized spacial score (nSPS) is 19.2. The average Bonchev–Trinajstić information content (AvgIpc) is 3.13. The molecule has 154 valence electrons. The van der Waals surface area contributed by atoms with E-state index in [1.165, 1.54) is 7.11 Å². The Bertz CT molecular complexity index is 951. The van der Waals surface area contributed by atoms with Crippen molar-refractivity contribution in [1.29, 1.82) is 0 Å². The van der Waals surface area contributed by atoms with Crippen molar-refractivity contribution >= 4 is 40.3 Å². The molecule has 0 unspecified atom stereocenters. The SMILES string of the molecule is C=C(C)c1sc2cc1-c1ccc(NC(=O)OC)cc1NC(=O)[C@H](C)CCC[C@@H]2N. The maximum absolute atomic E-state index is 12.8. The second-order valence-corrected chi connectivity index (χ2v) is 8.56. The number of hydrogen-bond acceptors (Lipinski definition) is 5. The highest BCUT2D eigenvalue weighted by atomic mass is 32.1. The van der Waals surface area contributed by atoms with E-state index >= 15 is 0 Å². The molecule has 2 heterocycles. The minimum absolute atomic E-state index is 0.0528. The van der Waals surface area contributed by atoms with Gasteiger partial charge in [0.1, 0.15) is 0 Å². The lowest BCUT2D eigenvalue weighted by molar-refractivity contribution is -0.119. The summed E-state index contributed by atoms with van der Waals surface area (Å²) in [6, 6.07) is 7.47. The number of anilines is 2. The van der Waals surface area contributed by atoms with E-state index in [2.05, 4.69) is 28.0 Å². The summed E-state index contributed by atoms with van der Waals surface area (Å²) < 4.78 is 4.67. The Labute approximate surface area is 175 Å². The van der Waals surface area contributed by atoms with Crippen molar-refractivity contribution in [1.82, 2.24) is 0 Å². The van der Waals surface area contributed by atoms with Crippen LogP contribution in [-0.2, 0) is 9.53 Å². The van der Waals surface area contributed by atoms with Gasteiger partial charge >= 0.3 is 6.09 Å². The van der Waals surface area contributed by atoms with Crippen LogP contribution in [0.1, 0.15) is 48.9 Å². The number of rotatable bonds is 2. The molecule has 0 fully saturated rings. The van der Waals surface area contributed by atoms with E-state index in [0.717, 1.165) is 45.7 Å². The number of allylic oxidation sites excluding steroid dienone is 1. The van der Waals surface area contributed by atoms with Crippen LogP contribution in [0.5, 0.6) is 0 Å². The summed E-state index contributed by atoms with van der Waals surface area (Å²) in [5, 5.41) is 5.70. The Morgan fingerprint density at radius 2 is 2.07 bits per heavy atom. The van der Waals surface area contributed by atoms with Gasteiger partial charge in [0.25, 0.3) is 0 Å². The van der Waals surface area contributed by atoms with E-state index in [9.17, 15) is 9.59 Å². The maximum atomic E-state index is 12.8. The Morgan fingerprint density at radius 1 is 1.31 bits per heavy atom. The molecule has 2 atom stereocenters. The van der Waals surface area contributed by atoms with E-state index in [1.807, 2.05) is 19.9 Å². The predicted molar refractivity (Wildman–Crippen MR) is 119 cm³/mol. The van der Waals surface area contributed by atoms with Crippen LogP contribution in [0.4, 0.5) is 16.2 Å². The molecule has 2 bridgehead atoms. The standard InChI is InChI=1S/C22H27N3O3S/c1-12(2)20-16-11-19(29-20)17(23)7-5-6-13(3)21(26)25-18-10-14(8-9-15(16)18)24-22(27)28-4/h8-11,13,17H,1,5-7,23H2,2-4H3,(H,24,27)(H,25,26)/t13-,17+/m1/s1. The summed E-state index contributed by atoms with van der Waals surface area (Å²) in [6.45, 7) is 8.01. The monoisotopic (exact) mass is 413 g/mol. The van der Waals surface area contributed by atoms with E-state index in [1.54, 1.807) is 23.5 Å². The predicted octanol–water partition coefficient (Wildman–Crippen LogP) is 5.38. The van der Waals surface area contributed by atoms with E-state index in [-0.39, 0.29) is 17.9 Å². The first-order valence-electron chi connectivity index (χ1n) is 9.65. The van der Waals surface area contributed by atoms with Gasteiger partial charge in [0, 0.05) is 38.5 Å². The average molecular weight is 414 g/mol. The Morgan fingerprint density at radius 3 is 2.76 bits per heavy atom. The number of ether oxygens (including phenoxy) is 1. The van der Waals surface area contributed by atoms with Gasteiger partial charge in [0.05, 0.1) is 12.8 Å². The Hall–Kier alpha value is -2.64. The molecule has 6 nitrogen and oxygen atoms in total. The zero-order valence-corrected chi connectivity index (χ0v) is 17.8. The fourth-order valence-electron chi connectivity index (χ4n) is 3.41. The zero-order chi connectivity index (χ0) is 21.1. The molecule has 0 spiro atoms. The number of carbonyl (C=O) groups excluding carboxylic acids is 2. The molecule has 4 N–H and O–H groups in total. The Balaban J connectivity index is 2.16. The van der Waals surface area contributed by atoms with Gasteiger partial charge in [0.15, 0.2) is 0 Å². The highest BCUT2D eigenvalue weighted by molar-refractivity contribution is 7.13. The number of fused-ring (bicyclic) bond motifs is 4. The highest BCUT2D eigenvalue weighted by Crippen LogP contribution is 2.42. The number of methoxy groups -OCH3 is 1. The lowest BCUT2D eigenvalue weighted by Crippen LogP contribution is -2.21. The lowest BCUT2D eigenvalue weighted by atomic mass is 9.96. The van der Waals surface area contributed by atoms with Crippen LogP contribution in [0.3, 0.4) is 0 Å². The van der Waals surface area contributed by atoms with E-state index in [0.29, 0.717) is 11.4 Å². The topological polar surface area (TPSA) is 93.5 Å². The van der Waals surface area contributed by atoms with Crippen molar-refractivity contribution in [2.45, 2.75) is 39.2 Å². The summed E-state index contributed by atoms with van der Waals surface area (Å²) >= 11 is 1.65. The van der Waals surface area contributed by atoms with Crippen molar-refractivity contribution in [2.75, 3.05) is 17.7 Å². The molecule has 3 rings (SSSR count). The number of nitrogens with two attached hydrogens (primary N) is 1. The summed E-state index contributed by atoms with van der Waals surface area (Å²) in [7, 11) is 1.31. The van der Waals surface area contributed by atoms with Crippen LogP contribution in [0.25, 0.3) is 16.7 Å². The number of nitrogens with one attached hydrogen (secondary N) is 2. The molecule has 2 aromatic rings. The third kappa shape index (κ3) is 4.68. The number of benzene rings is 1. The lowest BCUT2D eigenvalue weighted by Gasteiger charge is -2.18. The Kier molecular flexibility index (Phi) is 6.39. The molecule has 0 saturated carbocycles. The van der Waals surface area contributed by atoms with Gasteiger partial charge < -0.3 is 15.8 Å². The number of hydrogen-bond donors (Lipinski definition) is 3.